The normalized spacial score (nSPS) is 16.1. The van der Waals surface area contributed by atoms with Crippen LogP contribution in [0.4, 0.5) is 5.88 Å². The molecule has 1 aromatic heterocycles. The van der Waals surface area contributed by atoms with E-state index in [0.29, 0.717) is 23.5 Å². The monoisotopic (exact) mass is 360 g/mol. The minimum Gasteiger partial charge on any atom is -0.419 e. The van der Waals surface area contributed by atoms with Gasteiger partial charge in [0.1, 0.15) is 6.07 Å². The molecule has 138 valence electrons. The lowest BCUT2D eigenvalue weighted by molar-refractivity contribution is 0.180. The number of nitrogens with one attached hydrogen (secondary N) is 1. The van der Waals surface area contributed by atoms with Crippen LogP contribution in [0.25, 0.3) is 22.2 Å². The van der Waals surface area contributed by atoms with Crippen molar-refractivity contribution in [3.8, 4) is 17.5 Å². The first kappa shape index (κ1) is 17.6. The lowest BCUT2D eigenvalue weighted by Gasteiger charge is -2.32. The lowest BCUT2D eigenvalue weighted by atomic mass is 10.0. The zero-order chi connectivity index (χ0) is 18.6. The molecule has 5 heteroatoms. The van der Waals surface area contributed by atoms with Crippen molar-refractivity contribution in [2.75, 3.05) is 25.0 Å². The molecule has 1 aliphatic rings. The summed E-state index contributed by atoms with van der Waals surface area (Å²) in [6.07, 6.45) is 3.86. The summed E-state index contributed by atoms with van der Waals surface area (Å²) in [4.78, 5) is 6.93. The number of aromatic nitrogens is 1. The van der Waals surface area contributed by atoms with Gasteiger partial charge in [0.25, 0.3) is 0 Å². The SMILES string of the molecule is C[C@@H](CNc1oc(-c2cccc3ccccc23)nc1C#N)N1CCCCC1. The Morgan fingerprint density at radius 3 is 2.74 bits per heavy atom. The van der Waals surface area contributed by atoms with E-state index in [0.717, 1.165) is 36.0 Å². The van der Waals surface area contributed by atoms with Crippen molar-refractivity contribution in [2.45, 2.75) is 32.2 Å². The van der Waals surface area contributed by atoms with E-state index in [9.17, 15) is 5.26 Å². The second-order valence-electron chi connectivity index (χ2n) is 7.16. The van der Waals surface area contributed by atoms with Gasteiger partial charge in [-0.1, -0.05) is 42.8 Å². The van der Waals surface area contributed by atoms with Crippen molar-refractivity contribution in [1.82, 2.24) is 9.88 Å². The molecule has 0 radical (unpaired) electrons. The van der Waals surface area contributed by atoms with Gasteiger partial charge in [0.15, 0.2) is 0 Å². The van der Waals surface area contributed by atoms with Crippen LogP contribution in [0.2, 0.25) is 0 Å². The maximum absolute atomic E-state index is 9.48. The van der Waals surface area contributed by atoms with Gasteiger partial charge in [-0.05, 0) is 49.7 Å². The fourth-order valence-electron chi connectivity index (χ4n) is 3.77. The number of fused-ring (bicyclic) bond motifs is 1. The molecule has 0 saturated carbocycles. The Balaban J connectivity index is 1.56. The van der Waals surface area contributed by atoms with E-state index in [1.165, 1.54) is 19.3 Å². The number of hydrogen-bond acceptors (Lipinski definition) is 5. The van der Waals surface area contributed by atoms with E-state index in [1.54, 1.807) is 0 Å². The molecule has 1 aliphatic heterocycles. The molecule has 5 nitrogen and oxygen atoms in total. The second kappa shape index (κ2) is 7.81. The summed E-state index contributed by atoms with van der Waals surface area (Å²) < 4.78 is 5.97. The van der Waals surface area contributed by atoms with Crippen molar-refractivity contribution < 1.29 is 4.42 Å². The fourth-order valence-corrected chi connectivity index (χ4v) is 3.77. The van der Waals surface area contributed by atoms with E-state index >= 15 is 0 Å². The predicted octanol–water partition coefficient (Wildman–Crippen LogP) is 4.65. The molecule has 2 aromatic carbocycles. The van der Waals surface area contributed by atoms with Crippen LogP contribution in [-0.2, 0) is 0 Å². The average Bonchev–Trinajstić information content (AvgIpc) is 3.15. The largest absolute Gasteiger partial charge is 0.419 e. The van der Waals surface area contributed by atoms with E-state index in [1.807, 2.05) is 30.3 Å². The van der Waals surface area contributed by atoms with Crippen LogP contribution >= 0.6 is 0 Å². The smallest absolute Gasteiger partial charge is 0.232 e. The molecule has 1 fully saturated rings. The topological polar surface area (TPSA) is 65.1 Å². The number of rotatable bonds is 5. The van der Waals surface area contributed by atoms with Gasteiger partial charge in [0.2, 0.25) is 17.5 Å². The third kappa shape index (κ3) is 3.67. The van der Waals surface area contributed by atoms with Crippen LogP contribution in [0.3, 0.4) is 0 Å². The Bertz CT molecular complexity index is 961. The van der Waals surface area contributed by atoms with Gasteiger partial charge >= 0.3 is 0 Å². The fraction of sp³-hybridized carbons (Fsp3) is 0.364. The minimum absolute atomic E-state index is 0.309. The third-order valence-corrected chi connectivity index (χ3v) is 5.33. The Labute approximate surface area is 159 Å². The molecule has 0 unspecified atom stereocenters. The van der Waals surface area contributed by atoms with Gasteiger partial charge in [0.05, 0.1) is 0 Å². The van der Waals surface area contributed by atoms with Crippen molar-refractivity contribution in [3.05, 3.63) is 48.2 Å². The van der Waals surface area contributed by atoms with Gasteiger partial charge in [-0.3, -0.25) is 4.90 Å². The van der Waals surface area contributed by atoms with Gasteiger partial charge in [-0.15, -0.1) is 0 Å². The summed E-state index contributed by atoms with van der Waals surface area (Å²) in [6, 6.07) is 16.7. The molecule has 3 aromatic rings. The van der Waals surface area contributed by atoms with Crippen molar-refractivity contribution in [2.24, 2.45) is 0 Å². The van der Waals surface area contributed by atoms with Crippen LogP contribution in [-0.4, -0.2) is 35.6 Å². The summed E-state index contributed by atoms with van der Waals surface area (Å²) in [6.45, 7) is 5.24. The molecule has 0 spiro atoms. The Hall–Kier alpha value is -2.84. The Morgan fingerprint density at radius 1 is 1.15 bits per heavy atom. The molecule has 1 N–H and O–H groups in total. The Kier molecular flexibility index (Phi) is 5.08. The van der Waals surface area contributed by atoms with Crippen molar-refractivity contribution in [1.29, 1.82) is 5.26 Å². The number of anilines is 1. The maximum atomic E-state index is 9.48. The molecular weight excluding hydrogens is 336 g/mol. The van der Waals surface area contributed by atoms with Gasteiger partial charge in [0, 0.05) is 18.2 Å². The second-order valence-corrected chi connectivity index (χ2v) is 7.16. The Morgan fingerprint density at radius 2 is 1.93 bits per heavy atom. The van der Waals surface area contributed by atoms with E-state index < -0.39 is 0 Å². The van der Waals surface area contributed by atoms with E-state index in [4.69, 9.17) is 4.42 Å². The van der Waals surface area contributed by atoms with E-state index in [-0.39, 0.29) is 0 Å². The molecular formula is C22H24N4O. The number of likely N-dealkylation sites (tertiary alicyclic amines) is 1. The first-order chi connectivity index (χ1) is 13.3. The quantitative estimate of drug-likeness (QED) is 0.717. The highest BCUT2D eigenvalue weighted by molar-refractivity contribution is 5.94. The zero-order valence-electron chi connectivity index (χ0n) is 15.6. The first-order valence-electron chi connectivity index (χ1n) is 9.63. The molecule has 27 heavy (non-hydrogen) atoms. The van der Waals surface area contributed by atoms with Crippen LogP contribution in [0.5, 0.6) is 0 Å². The van der Waals surface area contributed by atoms with Crippen LogP contribution in [0.15, 0.2) is 46.9 Å². The highest BCUT2D eigenvalue weighted by atomic mass is 16.4. The standard InChI is InChI=1S/C22H24N4O/c1-16(26-12-5-2-6-13-26)15-24-22-20(14-23)25-21(27-22)19-11-7-9-17-8-3-4-10-18(17)19/h3-4,7-11,16,24H,2,5-6,12-13,15H2,1H3/t16-/m0/s1. The number of hydrogen-bond donors (Lipinski definition) is 1. The molecule has 1 saturated heterocycles. The first-order valence-corrected chi connectivity index (χ1v) is 9.63. The van der Waals surface area contributed by atoms with Crippen LogP contribution < -0.4 is 5.32 Å². The summed E-state index contributed by atoms with van der Waals surface area (Å²) >= 11 is 0. The number of piperidine rings is 1. The van der Waals surface area contributed by atoms with E-state index in [2.05, 4.69) is 40.3 Å². The number of nitriles is 1. The number of oxazole rings is 1. The molecule has 1 atom stereocenters. The highest BCUT2D eigenvalue weighted by Crippen LogP contribution is 2.31. The van der Waals surface area contributed by atoms with Crippen LogP contribution in [0, 0.1) is 11.3 Å². The molecule has 2 heterocycles. The summed E-state index contributed by atoms with van der Waals surface area (Å²) in [5.74, 6) is 0.945. The number of benzene rings is 2. The van der Waals surface area contributed by atoms with Crippen LogP contribution in [0.1, 0.15) is 31.9 Å². The maximum Gasteiger partial charge on any atom is 0.232 e. The van der Waals surface area contributed by atoms with Gasteiger partial charge in [-0.2, -0.15) is 10.2 Å². The third-order valence-electron chi connectivity index (χ3n) is 5.33. The zero-order valence-corrected chi connectivity index (χ0v) is 15.6. The van der Waals surface area contributed by atoms with Crippen molar-refractivity contribution in [3.63, 3.8) is 0 Å². The average molecular weight is 360 g/mol. The summed E-state index contributed by atoms with van der Waals surface area (Å²) in [7, 11) is 0. The summed E-state index contributed by atoms with van der Waals surface area (Å²) in [5, 5.41) is 15.0. The molecule has 0 amide bonds. The minimum atomic E-state index is 0.309. The molecule has 4 rings (SSSR count). The molecule has 0 bridgehead atoms. The lowest BCUT2D eigenvalue weighted by Crippen LogP contribution is -2.41. The predicted molar refractivity (Wildman–Crippen MR) is 108 cm³/mol. The van der Waals surface area contributed by atoms with Gasteiger partial charge in [-0.25, -0.2) is 0 Å². The molecule has 0 aliphatic carbocycles. The highest BCUT2D eigenvalue weighted by Gasteiger charge is 2.20. The van der Waals surface area contributed by atoms with Crippen molar-refractivity contribution >= 4 is 16.7 Å². The number of nitrogens with zero attached hydrogens (tertiary/aromatic N) is 3. The van der Waals surface area contributed by atoms with Gasteiger partial charge < -0.3 is 9.73 Å². The summed E-state index contributed by atoms with van der Waals surface area (Å²) in [5.41, 5.74) is 1.21.